The van der Waals surface area contributed by atoms with Crippen molar-refractivity contribution in [2.75, 3.05) is 0 Å². The fourth-order valence-electron chi connectivity index (χ4n) is 3.22. The van der Waals surface area contributed by atoms with E-state index >= 15 is 0 Å². The molecule has 4 heteroatoms. The molecule has 1 heterocycles. The van der Waals surface area contributed by atoms with Gasteiger partial charge in [-0.3, -0.25) is 4.79 Å². The van der Waals surface area contributed by atoms with Crippen molar-refractivity contribution in [3.8, 4) is 12.3 Å². The average Bonchev–Trinajstić information content (AvgIpc) is 2.51. The first-order chi connectivity index (χ1) is 11.5. The zero-order valence-electron chi connectivity index (χ0n) is 16.5. The number of amides is 1. The second kappa shape index (κ2) is 6.97. The first-order valence-corrected chi connectivity index (χ1v) is 11.9. The Kier molecular flexibility index (Phi) is 5.51. The minimum atomic E-state index is -1.94. The zero-order valence-corrected chi connectivity index (χ0v) is 17.5. The van der Waals surface area contributed by atoms with Gasteiger partial charge in [0.1, 0.15) is 6.04 Å². The molecule has 25 heavy (non-hydrogen) atoms. The molecule has 4 atom stereocenters. The van der Waals surface area contributed by atoms with Crippen molar-refractivity contribution in [1.29, 1.82) is 0 Å². The summed E-state index contributed by atoms with van der Waals surface area (Å²) >= 11 is 0. The van der Waals surface area contributed by atoms with Gasteiger partial charge in [0.2, 0.25) is 5.91 Å². The Morgan fingerprint density at radius 2 is 1.76 bits per heavy atom. The fraction of sp³-hybridized carbons (Fsp3) is 0.571. The van der Waals surface area contributed by atoms with Gasteiger partial charge >= 0.3 is 0 Å². The van der Waals surface area contributed by atoms with E-state index in [2.05, 4.69) is 39.8 Å². The maximum atomic E-state index is 12.9. The van der Waals surface area contributed by atoms with Crippen LogP contribution in [0, 0.1) is 18.3 Å². The highest BCUT2D eigenvalue weighted by Crippen LogP contribution is 2.42. The summed E-state index contributed by atoms with van der Waals surface area (Å²) < 4.78 is 6.44. The number of nitrogens with zero attached hydrogens (tertiary/aromatic N) is 1. The van der Waals surface area contributed by atoms with Gasteiger partial charge in [0.05, 0.1) is 18.1 Å². The number of carbonyl (C=O) groups excluding carboxylic acids is 1. The van der Waals surface area contributed by atoms with Gasteiger partial charge in [-0.05, 0) is 37.5 Å². The number of terminal acetylenes is 1. The molecule has 2 rings (SSSR count). The molecule has 1 amide bonds. The summed E-state index contributed by atoms with van der Waals surface area (Å²) in [7, 11) is -1.94. The van der Waals surface area contributed by atoms with E-state index in [0.29, 0.717) is 0 Å². The molecule has 3 nitrogen and oxygen atoms in total. The number of likely N-dealkylation sites (tertiary alicyclic amines) is 1. The lowest BCUT2D eigenvalue weighted by molar-refractivity contribution is -0.162. The summed E-state index contributed by atoms with van der Waals surface area (Å²) in [6.07, 6.45) is 5.63. The van der Waals surface area contributed by atoms with E-state index in [-0.39, 0.29) is 35.1 Å². The Morgan fingerprint density at radius 1 is 1.20 bits per heavy atom. The monoisotopic (exact) mass is 357 g/mol. The largest absolute Gasteiger partial charge is 0.413 e. The van der Waals surface area contributed by atoms with Crippen molar-refractivity contribution in [2.24, 2.45) is 5.92 Å². The molecule has 1 saturated heterocycles. The third kappa shape index (κ3) is 3.68. The molecule has 1 aromatic carbocycles. The highest BCUT2D eigenvalue weighted by molar-refractivity contribution is 6.74. The quantitative estimate of drug-likeness (QED) is 0.437. The number of hydrogen-bond acceptors (Lipinski definition) is 2. The summed E-state index contributed by atoms with van der Waals surface area (Å²) in [5.41, 5.74) is 1.10. The lowest BCUT2D eigenvalue weighted by atomic mass is 9.81. The van der Waals surface area contributed by atoms with Crippen LogP contribution in [0.25, 0.3) is 0 Å². The number of carbonyl (C=O) groups is 1. The molecule has 1 aliphatic heterocycles. The van der Waals surface area contributed by atoms with Crippen molar-refractivity contribution in [3.63, 3.8) is 0 Å². The molecule has 0 unspecified atom stereocenters. The summed E-state index contributed by atoms with van der Waals surface area (Å²) in [6.45, 7) is 15.1. The Balaban J connectivity index is 2.15. The Hall–Kier alpha value is -1.57. The number of rotatable bonds is 5. The molecule has 0 aliphatic carbocycles. The molecule has 0 bridgehead atoms. The van der Waals surface area contributed by atoms with Crippen LogP contribution in [0.15, 0.2) is 30.3 Å². The van der Waals surface area contributed by atoms with Crippen molar-refractivity contribution < 1.29 is 9.22 Å². The number of β-lactam (4-membered cyclic amide) rings is 1. The third-order valence-corrected chi connectivity index (χ3v) is 10.4. The Bertz CT molecular complexity index is 657. The van der Waals surface area contributed by atoms with Crippen LogP contribution >= 0.6 is 0 Å². The standard InChI is InChI=1S/C21H31NO2Si/c1-9-18-19(16(3)24-25(7,8)21(4,5)6)20(23)22(18)15(2)17-13-11-10-12-14-17/h1,10-16,18-19H,2-8H3/t15-,16+,18-,19+/m1/s1. The van der Waals surface area contributed by atoms with Crippen LogP contribution in [0.1, 0.15) is 46.2 Å². The van der Waals surface area contributed by atoms with E-state index < -0.39 is 8.32 Å². The molecule has 0 spiro atoms. The van der Waals surface area contributed by atoms with Gasteiger partial charge in [0.15, 0.2) is 8.32 Å². The molecule has 0 N–H and O–H groups in total. The van der Waals surface area contributed by atoms with Gasteiger partial charge < -0.3 is 9.33 Å². The summed E-state index contributed by atoms with van der Waals surface area (Å²) in [6, 6.07) is 9.80. The molecular formula is C21H31NO2Si. The number of benzene rings is 1. The van der Waals surface area contributed by atoms with E-state index in [4.69, 9.17) is 10.8 Å². The molecule has 0 saturated carbocycles. The summed E-state index contributed by atoms with van der Waals surface area (Å²) in [4.78, 5) is 14.7. The predicted molar refractivity (Wildman–Crippen MR) is 106 cm³/mol. The van der Waals surface area contributed by atoms with Crippen molar-refractivity contribution in [1.82, 2.24) is 4.90 Å². The molecule has 1 fully saturated rings. The second-order valence-electron chi connectivity index (χ2n) is 8.55. The minimum Gasteiger partial charge on any atom is -0.413 e. The molecule has 0 radical (unpaired) electrons. The normalized spacial score (nSPS) is 23.6. The first-order valence-electron chi connectivity index (χ1n) is 9.02. The van der Waals surface area contributed by atoms with Crippen molar-refractivity contribution in [3.05, 3.63) is 35.9 Å². The zero-order chi connectivity index (χ0) is 19.0. The molecular weight excluding hydrogens is 326 g/mol. The first kappa shape index (κ1) is 19.7. The van der Waals surface area contributed by atoms with Crippen LogP contribution in [0.3, 0.4) is 0 Å². The van der Waals surface area contributed by atoms with Gasteiger partial charge in [-0.15, -0.1) is 6.42 Å². The van der Waals surface area contributed by atoms with Crippen LogP contribution < -0.4 is 0 Å². The topological polar surface area (TPSA) is 29.5 Å². The van der Waals surface area contributed by atoms with Gasteiger partial charge in [-0.2, -0.15) is 0 Å². The smallest absolute Gasteiger partial charge is 0.232 e. The molecule has 1 aromatic rings. The van der Waals surface area contributed by atoms with Gasteiger partial charge in [-0.1, -0.05) is 57.0 Å². The van der Waals surface area contributed by atoms with Crippen LogP contribution in [-0.4, -0.2) is 31.3 Å². The maximum Gasteiger partial charge on any atom is 0.232 e. The minimum absolute atomic E-state index is 0.0222. The molecule has 136 valence electrons. The average molecular weight is 358 g/mol. The molecule has 1 aliphatic rings. The van der Waals surface area contributed by atoms with Crippen LogP contribution in [0.5, 0.6) is 0 Å². The van der Waals surface area contributed by atoms with Crippen molar-refractivity contribution in [2.45, 2.75) is 70.9 Å². The lowest BCUT2D eigenvalue weighted by Gasteiger charge is -2.51. The van der Waals surface area contributed by atoms with E-state index in [1.54, 1.807) is 0 Å². The van der Waals surface area contributed by atoms with Crippen LogP contribution in [0.2, 0.25) is 18.1 Å². The van der Waals surface area contributed by atoms with E-state index in [9.17, 15) is 4.79 Å². The van der Waals surface area contributed by atoms with Crippen LogP contribution in [0.4, 0.5) is 0 Å². The number of hydrogen-bond donors (Lipinski definition) is 0. The lowest BCUT2D eigenvalue weighted by Crippen LogP contribution is -2.65. The summed E-state index contributed by atoms with van der Waals surface area (Å²) in [5.74, 6) is 2.69. The van der Waals surface area contributed by atoms with Gasteiger partial charge in [-0.25, -0.2) is 0 Å². The van der Waals surface area contributed by atoms with E-state index in [1.807, 2.05) is 49.1 Å². The van der Waals surface area contributed by atoms with Gasteiger partial charge in [0, 0.05) is 0 Å². The van der Waals surface area contributed by atoms with Crippen LogP contribution in [-0.2, 0) is 9.22 Å². The maximum absolute atomic E-state index is 12.9. The Labute approximate surface area is 153 Å². The third-order valence-electron chi connectivity index (χ3n) is 5.84. The highest BCUT2D eigenvalue weighted by atomic mass is 28.4. The van der Waals surface area contributed by atoms with E-state index in [0.717, 1.165) is 5.56 Å². The Morgan fingerprint density at radius 3 is 2.24 bits per heavy atom. The fourth-order valence-corrected chi connectivity index (χ4v) is 4.64. The highest BCUT2D eigenvalue weighted by Gasteiger charge is 2.53. The van der Waals surface area contributed by atoms with Crippen molar-refractivity contribution >= 4 is 14.2 Å². The van der Waals surface area contributed by atoms with Gasteiger partial charge in [0.25, 0.3) is 0 Å². The molecule has 0 aromatic heterocycles. The second-order valence-corrected chi connectivity index (χ2v) is 13.3. The SMILES string of the molecule is C#C[C@@H]1[C@H]([C@H](C)O[Si](C)(C)C(C)(C)C)C(=O)N1[C@H](C)c1ccccc1. The van der Waals surface area contributed by atoms with E-state index in [1.165, 1.54) is 0 Å². The predicted octanol–water partition coefficient (Wildman–Crippen LogP) is 4.62. The summed E-state index contributed by atoms with van der Waals surface area (Å²) in [5, 5.41) is 0.108.